The van der Waals surface area contributed by atoms with E-state index < -0.39 is 0 Å². The van der Waals surface area contributed by atoms with Gasteiger partial charge in [-0.2, -0.15) is 4.80 Å². The number of benzene rings is 1. The highest BCUT2D eigenvalue weighted by molar-refractivity contribution is 9.11. The van der Waals surface area contributed by atoms with Crippen molar-refractivity contribution < 1.29 is 9.18 Å². The molecule has 2 aromatic heterocycles. The Morgan fingerprint density at radius 1 is 1.28 bits per heavy atom. The summed E-state index contributed by atoms with van der Waals surface area (Å²) in [5.74, 6) is -0.0572. The molecule has 0 saturated carbocycles. The summed E-state index contributed by atoms with van der Waals surface area (Å²) in [6.45, 7) is 3.08. The van der Waals surface area contributed by atoms with Gasteiger partial charge in [-0.3, -0.25) is 4.79 Å². The topological polar surface area (TPSA) is 63.9 Å². The molecule has 0 atom stereocenters. The highest BCUT2D eigenvalue weighted by Crippen LogP contribution is 2.23. The Morgan fingerprint density at radius 2 is 2.04 bits per heavy atom. The lowest BCUT2D eigenvalue weighted by atomic mass is 10.2. The van der Waals surface area contributed by atoms with Crippen LogP contribution in [-0.2, 0) is 17.9 Å². The van der Waals surface area contributed by atoms with Crippen LogP contribution in [0.3, 0.4) is 0 Å². The summed E-state index contributed by atoms with van der Waals surface area (Å²) >= 11 is 5.02. The minimum Gasteiger partial charge on any atom is -0.336 e. The highest BCUT2D eigenvalue weighted by atomic mass is 79.9. The van der Waals surface area contributed by atoms with Crippen LogP contribution in [0.1, 0.15) is 11.8 Å². The molecule has 0 saturated heterocycles. The maximum absolute atomic E-state index is 13.0. The molecule has 3 aromatic rings. The summed E-state index contributed by atoms with van der Waals surface area (Å²) in [5, 5.41) is 12.0. The quantitative estimate of drug-likeness (QED) is 0.609. The van der Waals surface area contributed by atoms with Gasteiger partial charge < -0.3 is 4.90 Å². The van der Waals surface area contributed by atoms with Crippen molar-refractivity contribution >= 4 is 33.2 Å². The Bertz CT molecular complexity index is 864. The largest absolute Gasteiger partial charge is 0.336 e. The van der Waals surface area contributed by atoms with Crippen molar-refractivity contribution in [3.63, 3.8) is 0 Å². The number of carbonyl (C=O) groups excluding carboxylic acids is 1. The Hall–Kier alpha value is -2.13. The van der Waals surface area contributed by atoms with E-state index >= 15 is 0 Å². The Labute approximate surface area is 156 Å². The van der Waals surface area contributed by atoms with Crippen LogP contribution >= 0.6 is 27.3 Å². The number of hydrogen-bond donors (Lipinski definition) is 0. The first kappa shape index (κ1) is 17.7. The number of aromatic nitrogens is 4. The lowest BCUT2D eigenvalue weighted by Crippen LogP contribution is -2.33. The summed E-state index contributed by atoms with van der Waals surface area (Å²) in [6, 6.07) is 9.77. The van der Waals surface area contributed by atoms with E-state index in [0.29, 0.717) is 24.5 Å². The maximum atomic E-state index is 13.0. The van der Waals surface area contributed by atoms with Crippen molar-refractivity contribution in [2.75, 3.05) is 6.54 Å². The number of likely N-dealkylation sites (N-methyl/N-ethyl adjacent to an activating group) is 1. The number of amides is 1. The molecule has 1 amide bonds. The van der Waals surface area contributed by atoms with Gasteiger partial charge in [0.05, 0.1) is 10.3 Å². The van der Waals surface area contributed by atoms with E-state index in [1.807, 2.05) is 19.1 Å². The van der Waals surface area contributed by atoms with Gasteiger partial charge in [-0.1, -0.05) is 0 Å². The molecule has 0 aliphatic heterocycles. The first-order valence-electron chi connectivity index (χ1n) is 7.61. The van der Waals surface area contributed by atoms with Crippen LogP contribution in [0, 0.1) is 5.82 Å². The second-order valence-corrected chi connectivity index (χ2v) is 7.81. The van der Waals surface area contributed by atoms with Gasteiger partial charge in [0.15, 0.2) is 0 Å². The normalized spacial score (nSPS) is 10.8. The van der Waals surface area contributed by atoms with Gasteiger partial charge in [0.2, 0.25) is 11.7 Å². The lowest BCUT2D eigenvalue weighted by molar-refractivity contribution is -0.132. The number of tetrazole rings is 1. The first-order valence-corrected chi connectivity index (χ1v) is 9.22. The molecule has 0 unspecified atom stereocenters. The zero-order valence-electron chi connectivity index (χ0n) is 13.4. The van der Waals surface area contributed by atoms with Crippen LogP contribution < -0.4 is 0 Å². The zero-order valence-corrected chi connectivity index (χ0v) is 15.8. The lowest BCUT2D eigenvalue weighted by Gasteiger charge is -2.19. The number of carbonyl (C=O) groups is 1. The van der Waals surface area contributed by atoms with Crippen molar-refractivity contribution in [2.45, 2.75) is 20.0 Å². The molecule has 130 valence electrons. The summed E-state index contributed by atoms with van der Waals surface area (Å²) in [5.41, 5.74) is 0.649. The third-order valence-corrected chi connectivity index (χ3v) is 5.15. The van der Waals surface area contributed by atoms with Crippen LogP contribution in [0.15, 0.2) is 40.2 Å². The SMILES string of the molecule is CCN(Cc1ccc(Br)s1)C(=O)Cn1nnc(-c2ccc(F)cc2)n1. The molecule has 0 fully saturated rings. The monoisotopic (exact) mass is 423 g/mol. The fourth-order valence-corrected chi connectivity index (χ4v) is 3.75. The van der Waals surface area contributed by atoms with Gasteiger partial charge in [-0.15, -0.1) is 21.5 Å². The smallest absolute Gasteiger partial charge is 0.246 e. The van der Waals surface area contributed by atoms with E-state index in [-0.39, 0.29) is 18.3 Å². The fraction of sp³-hybridized carbons (Fsp3) is 0.250. The predicted molar refractivity (Wildman–Crippen MR) is 96.3 cm³/mol. The van der Waals surface area contributed by atoms with E-state index in [1.165, 1.54) is 16.9 Å². The number of hydrogen-bond acceptors (Lipinski definition) is 5. The van der Waals surface area contributed by atoms with Crippen LogP contribution in [0.2, 0.25) is 0 Å². The molecule has 0 aliphatic rings. The van der Waals surface area contributed by atoms with Crippen molar-refractivity contribution in [3.05, 3.63) is 50.9 Å². The summed E-state index contributed by atoms with van der Waals surface area (Å²) in [7, 11) is 0. The Balaban J connectivity index is 1.66. The van der Waals surface area contributed by atoms with Crippen molar-refractivity contribution in [1.82, 2.24) is 25.1 Å². The first-order chi connectivity index (χ1) is 12.0. The van der Waals surface area contributed by atoms with Crippen molar-refractivity contribution in [3.8, 4) is 11.4 Å². The third kappa shape index (κ3) is 4.49. The third-order valence-electron chi connectivity index (χ3n) is 3.54. The summed E-state index contributed by atoms with van der Waals surface area (Å²) in [4.78, 5) is 16.6. The molecule has 3 rings (SSSR count). The van der Waals surface area contributed by atoms with E-state index in [2.05, 4.69) is 31.3 Å². The molecule has 0 bridgehead atoms. The van der Waals surface area contributed by atoms with Gasteiger partial charge in [0.1, 0.15) is 12.4 Å². The Kier molecular flexibility index (Phi) is 5.54. The van der Waals surface area contributed by atoms with E-state index in [4.69, 9.17) is 0 Å². The number of rotatable bonds is 6. The molecule has 25 heavy (non-hydrogen) atoms. The van der Waals surface area contributed by atoms with E-state index in [9.17, 15) is 9.18 Å². The van der Waals surface area contributed by atoms with Gasteiger partial charge in [-0.05, 0) is 64.5 Å². The van der Waals surface area contributed by atoms with E-state index in [1.54, 1.807) is 28.4 Å². The summed E-state index contributed by atoms with van der Waals surface area (Å²) in [6.07, 6.45) is 0. The number of thiophene rings is 1. The molecule has 0 N–H and O–H groups in total. The zero-order chi connectivity index (χ0) is 17.8. The standard InChI is InChI=1S/C16H15BrFN5OS/c1-2-22(9-13-7-8-14(17)25-13)15(24)10-23-20-16(19-21-23)11-3-5-12(18)6-4-11/h3-8H,2,9-10H2,1H3. The van der Waals surface area contributed by atoms with Crippen molar-refractivity contribution in [1.29, 1.82) is 0 Å². The van der Waals surface area contributed by atoms with Crippen molar-refractivity contribution in [2.24, 2.45) is 0 Å². The van der Waals surface area contributed by atoms with E-state index in [0.717, 1.165) is 8.66 Å². The fourth-order valence-electron chi connectivity index (χ4n) is 2.25. The molecule has 1 aromatic carbocycles. The predicted octanol–water partition coefficient (Wildman–Crippen LogP) is 3.35. The van der Waals surface area contributed by atoms with Crippen LogP contribution in [0.5, 0.6) is 0 Å². The minimum atomic E-state index is -0.329. The Morgan fingerprint density at radius 3 is 2.68 bits per heavy atom. The van der Waals surface area contributed by atoms with Gasteiger partial charge in [0, 0.05) is 17.0 Å². The van der Waals surface area contributed by atoms with Crippen LogP contribution in [0.25, 0.3) is 11.4 Å². The molecule has 0 aliphatic carbocycles. The molecule has 0 spiro atoms. The number of nitrogens with zero attached hydrogens (tertiary/aromatic N) is 5. The molecule has 2 heterocycles. The van der Waals surface area contributed by atoms with Crippen LogP contribution in [0.4, 0.5) is 4.39 Å². The second-order valence-electron chi connectivity index (χ2n) is 5.26. The van der Waals surface area contributed by atoms with Gasteiger partial charge in [0.25, 0.3) is 0 Å². The second kappa shape index (κ2) is 7.83. The average Bonchev–Trinajstić information content (AvgIpc) is 3.22. The minimum absolute atomic E-state index is 0.00851. The highest BCUT2D eigenvalue weighted by Gasteiger charge is 2.16. The molecule has 6 nitrogen and oxygen atoms in total. The maximum Gasteiger partial charge on any atom is 0.246 e. The molecule has 0 radical (unpaired) electrons. The van der Waals surface area contributed by atoms with Crippen LogP contribution in [-0.4, -0.2) is 37.6 Å². The molecule has 9 heteroatoms. The summed E-state index contributed by atoms with van der Waals surface area (Å²) < 4.78 is 14.0. The molecular formula is C16H15BrFN5OS. The van der Waals surface area contributed by atoms with Gasteiger partial charge in [-0.25, -0.2) is 4.39 Å². The number of halogens is 2. The average molecular weight is 424 g/mol. The molecular weight excluding hydrogens is 409 g/mol. The van der Waals surface area contributed by atoms with Gasteiger partial charge >= 0.3 is 0 Å².